The maximum atomic E-state index is 2.94. The topological polar surface area (TPSA) is 0 Å². The van der Waals surface area contributed by atoms with Crippen LogP contribution in [0.1, 0.15) is 6.42 Å². The molecule has 0 aromatic rings. The quantitative estimate of drug-likeness (QED) is 0.445. The zero-order chi connectivity index (χ0) is 4.41. The van der Waals surface area contributed by atoms with E-state index >= 15 is 0 Å². The predicted molar refractivity (Wildman–Crippen MR) is 27.6 cm³/mol. The van der Waals surface area contributed by atoms with Crippen LogP contribution in [0.5, 0.6) is 0 Å². The summed E-state index contributed by atoms with van der Waals surface area (Å²) in [5, 5.41) is 0. The summed E-state index contributed by atoms with van der Waals surface area (Å²) in [4.78, 5) is 0. The van der Waals surface area contributed by atoms with Crippen LogP contribution in [0, 0.1) is 0 Å². The molecule has 0 spiro atoms. The average molecular weight is 144 g/mol. The van der Waals surface area contributed by atoms with Crippen molar-refractivity contribution in [1.29, 1.82) is 0 Å². The molecule has 0 nitrogen and oxygen atoms in total. The van der Waals surface area contributed by atoms with Gasteiger partial charge in [-0.3, -0.25) is 0 Å². The van der Waals surface area contributed by atoms with E-state index in [1.54, 1.807) is 0 Å². The second kappa shape index (κ2) is 1.63. The molecule has 1 radical (unpaired) electrons. The van der Waals surface area contributed by atoms with Crippen molar-refractivity contribution in [2.75, 3.05) is 0 Å². The van der Waals surface area contributed by atoms with Crippen molar-refractivity contribution in [2.45, 2.75) is 6.42 Å². The molecule has 31 valence electrons. The van der Waals surface area contributed by atoms with Crippen molar-refractivity contribution in [3.8, 4) is 0 Å². The van der Waals surface area contributed by atoms with Crippen LogP contribution in [0.15, 0.2) is 22.7 Å². The van der Waals surface area contributed by atoms with Gasteiger partial charge in [0, 0.05) is 0 Å². The molecule has 0 saturated carbocycles. The third-order valence-electron chi connectivity index (χ3n) is 0.737. The van der Waals surface area contributed by atoms with Gasteiger partial charge in [0.05, 0.1) is 0 Å². The van der Waals surface area contributed by atoms with Crippen LogP contribution in [0.4, 0.5) is 0 Å². The molecule has 0 N–H and O–H groups in total. The van der Waals surface area contributed by atoms with Crippen molar-refractivity contribution >= 4 is 16.0 Å². The first-order valence-electron chi connectivity index (χ1n) is 1.92. The average Bonchev–Trinajstić information content (AvgIpc) is 1.86. The fourth-order valence-corrected chi connectivity index (χ4v) is 0.794. The van der Waals surface area contributed by atoms with E-state index in [-0.39, 0.29) is 0 Å². The van der Waals surface area contributed by atoms with Crippen molar-refractivity contribution in [1.82, 2.24) is 0 Å². The fraction of sp³-hybridized carbons (Fsp3) is 0.200. The predicted octanol–water partition coefficient (Wildman–Crippen LogP) is 0.999. The maximum absolute atomic E-state index is 2.94. The molecule has 0 heterocycles. The van der Waals surface area contributed by atoms with E-state index in [0.29, 0.717) is 0 Å². The summed E-state index contributed by atoms with van der Waals surface area (Å²) in [6, 6.07) is 0. The van der Waals surface area contributed by atoms with Crippen LogP contribution >= 0.6 is 0 Å². The normalized spacial score (nSPS) is 18.3. The van der Waals surface area contributed by atoms with Crippen LogP contribution in [-0.2, 0) is 0 Å². The summed E-state index contributed by atoms with van der Waals surface area (Å²) >= 11 is 2.94. The van der Waals surface area contributed by atoms with Gasteiger partial charge < -0.3 is 0 Å². The summed E-state index contributed by atoms with van der Waals surface area (Å²) in [6.07, 6.45) is 7.39. The van der Waals surface area contributed by atoms with Crippen LogP contribution < -0.4 is 0 Å². The van der Waals surface area contributed by atoms with Crippen molar-refractivity contribution < 1.29 is 0 Å². The molecule has 0 amide bonds. The van der Waals surface area contributed by atoms with Crippen molar-refractivity contribution in [3.63, 3.8) is 0 Å². The van der Waals surface area contributed by atoms with Gasteiger partial charge in [-0.2, -0.15) is 0 Å². The molecule has 0 aromatic carbocycles. The van der Waals surface area contributed by atoms with Gasteiger partial charge in [0.1, 0.15) is 0 Å². The summed E-state index contributed by atoms with van der Waals surface area (Å²) in [5.74, 6) is 0. The minimum absolute atomic E-state index is 1.11. The van der Waals surface area contributed by atoms with Crippen molar-refractivity contribution in [2.24, 2.45) is 0 Å². The van der Waals surface area contributed by atoms with Crippen LogP contribution in [0.2, 0.25) is 0 Å². The molecule has 0 saturated heterocycles. The van der Waals surface area contributed by atoms with Gasteiger partial charge in [-0.25, -0.2) is 0 Å². The Hall–Kier alpha value is -0.000519. The first kappa shape index (κ1) is 4.17. The van der Waals surface area contributed by atoms with Gasteiger partial charge in [0.15, 0.2) is 0 Å². The summed E-state index contributed by atoms with van der Waals surface area (Å²) in [7, 11) is 0. The number of hydrogen-bond acceptors (Lipinski definition) is 0. The molecule has 1 heteroatoms. The molecule has 0 atom stereocenters. The first-order valence-corrected chi connectivity index (χ1v) is 2.78. The summed E-state index contributed by atoms with van der Waals surface area (Å²) < 4.78 is 1.34. The molecule has 6 heavy (non-hydrogen) atoms. The Bertz CT molecular complexity index is 101. The Morgan fingerprint density at radius 1 is 1.67 bits per heavy atom. The molecule has 1 aliphatic rings. The molecule has 1 aliphatic carbocycles. The third kappa shape index (κ3) is 0.734. The molecular weight excluding hydrogens is 139 g/mol. The van der Waals surface area contributed by atoms with E-state index in [4.69, 9.17) is 0 Å². The van der Waals surface area contributed by atoms with Gasteiger partial charge in [-0.05, 0) is 0 Å². The second-order valence-electron chi connectivity index (χ2n) is 1.27. The van der Waals surface area contributed by atoms with Crippen LogP contribution in [0.3, 0.4) is 0 Å². The standard InChI is InChI=1S/C5H5Se/c6-5-3-1-2-4-5/h1-3H,4H2. The zero-order valence-electron chi connectivity index (χ0n) is 3.35. The zero-order valence-corrected chi connectivity index (χ0v) is 5.06. The first-order chi connectivity index (χ1) is 2.89. The molecule has 0 bridgehead atoms. The van der Waals surface area contributed by atoms with Gasteiger partial charge in [-0.1, -0.05) is 0 Å². The van der Waals surface area contributed by atoms with Gasteiger partial charge in [-0.15, -0.1) is 0 Å². The van der Waals surface area contributed by atoms with E-state index in [2.05, 4.69) is 34.2 Å². The van der Waals surface area contributed by atoms with Crippen molar-refractivity contribution in [3.05, 3.63) is 22.7 Å². The Labute approximate surface area is 45.7 Å². The van der Waals surface area contributed by atoms with Gasteiger partial charge >= 0.3 is 45.1 Å². The van der Waals surface area contributed by atoms with E-state index < -0.39 is 0 Å². The van der Waals surface area contributed by atoms with Gasteiger partial charge in [0.2, 0.25) is 0 Å². The Morgan fingerprint density at radius 3 is 2.67 bits per heavy atom. The molecule has 1 rings (SSSR count). The monoisotopic (exact) mass is 145 g/mol. The molecule has 0 aliphatic heterocycles. The Balaban J connectivity index is 2.61. The molecule has 0 unspecified atom stereocenters. The Morgan fingerprint density at radius 2 is 2.50 bits per heavy atom. The number of hydrogen-bond donors (Lipinski definition) is 0. The van der Waals surface area contributed by atoms with E-state index in [0.717, 1.165) is 6.42 Å². The molecule has 0 fully saturated rings. The Kier molecular flexibility index (Phi) is 1.13. The minimum atomic E-state index is 1.11. The van der Waals surface area contributed by atoms with E-state index in [1.807, 2.05) is 0 Å². The number of allylic oxidation sites excluding steroid dienone is 4. The van der Waals surface area contributed by atoms with Crippen LogP contribution in [-0.4, -0.2) is 16.0 Å². The summed E-state index contributed by atoms with van der Waals surface area (Å²) in [6.45, 7) is 0. The van der Waals surface area contributed by atoms with Crippen LogP contribution in [0.25, 0.3) is 0 Å². The second-order valence-corrected chi connectivity index (χ2v) is 2.37. The van der Waals surface area contributed by atoms with E-state index in [1.165, 1.54) is 4.47 Å². The SMILES string of the molecule is [Se]C1=CC=CC1. The van der Waals surface area contributed by atoms with Gasteiger partial charge in [0.25, 0.3) is 0 Å². The van der Waals surface area contributed by atoms with E-state index in [9.17, 15) is 0 Å². The summed E-state index contributed by atoms with van der Waals surface area (Å²) in [5.41, 5.74) is 0. The number of rotatable bonds is 0. The molecular formula is C5H5Se. The third-order valence-corrected chi connectivity index (χ3v) is 1.37. The fourth-order valence-electron chi connectivity index (χ4n) is 0.428. The molecule has 0 aromatic heterocycles.